The van der Waals surface area contributed by atoms with E-state index in [1.807, 2.05) is 0 Å². The minimum atomic E-state index is -4.35. The van der Waals surface area contributed by atoms with Gasteiger partial charge in [0.15, 0.2) is 0 Å². The molecule has 0 saturated heterocycles. The average molecular weight is 357 g/mol. The van der Waals surface area contributed by atoms with Crippen LogP contribution in [0.5, 0.6) is 0 Å². The molecule has 0 radical (unpaired) electrons. The van der Waals surface area contributed by atoms with Crippen LogP contribution < -0.4 is 0 Å². The highest BCUT2D eigenvalue weighted by molar-refractivity contribution is 9.10. The molecule has 0 saturated carbocycles. The molecule has 1 aromatic carbocycles. The van der Waals surface area contributed by atoms with Gasteiger partial charge >= 0.3 is 11.5 Å². The van der Waals surface area contributed by atoms with Crippen molar-refractivity contribution in [3.05, 3.63) is 28.2 Å². The number of ether oxygens (including phenoxy) is 1. The van der Waals surface area contributed by atoms with Crippen molar-refractivity contribution >= 4 is 33.7 Å². The molecule has 0 N–H and O–H groups in total. The first-order valence-corrected chi connectivity index (χ1v) is 7.13. The second-order valence-corrected chi connectivity index (χ2v) is 5.53. The topological polar surface area (TPSA) is 26.3 Å². The summed E-state index contributed by atoms with van der Waals surface area (Å²) in [4.78, 5) is 11.4. The summed E-state index contributed by atoms with van der Waals surface area (Å²) in [5, 5.41) is 0. The van der Waals surface area contributed by atoms with E-state index in [0.29, 0.717) is 10.0 Å². The van der Waals surface area contributed by atoms with Crippen molar-refractivity contribution in [1.82, 2.24) is 0 Å². The molecular weight excluding hydrogens is 345 g/mol. The maximum Gasteiger partial charge on any atom is 0.446 e. The molecule has 106 valence electrons. The van der Waals surface area contributed by atoms with Crippen molar-refractivity contribution in [2.45, 2.75) is 30.2 Å². The molecular formula is C12H12BrF3O2S. The zero-order valence-electron chi connectivity index (χ0n) is 10.1. The number of thioether (sulfide) groups is 1. The van der Waals surface area contributed by atoms with Gasteiger partial charge in [0.05, 0.1) is 6.61 Å². The van der Waals surface area contributed by atoms with Crippen LogP contribution >= 0.6 is 27.7 Å². The molecule has 0 amide bonds. The van der Waals surface area contributed by atoms with Crippen molar-refractivity contribution in [1.29, 1.82) is 0 Å². The van der Waals surface area contributed by atoms with Crippen LogP contribution in [0.1, 0.15) is 18.9 Å². The third kappa shape index (κ3) is 5.86. The van der Waals surface area contributed by atoms with Crippen LogP contribution in [0, 0.1) is 0 Å². The predicted molar refractivity (Wildman–Crippen MR) is 71.0 cm³/mol. The summed E-state index contributed by atoms with van der Waals surface area (Å²) in [6, 6.07) is 4.58. The third-order valence-electron chi connectivity index (χ3n) is 2.19. The fourth-order valence-corrected chi connectivity index (χ4v) is 2.89. The molecule has 7 heteroatoms. The summed E-state index contributed by atoms with van der Waals surface area (Å²) in [7, 11) is 0. The third-order valence-corrected chi connectivity index (χ3v) is 3.76. The van der Waals surface area contributed by atoms with Gasteiger partial charge in [0.1, 0.15) is 0 Å². The number of hydrogen-bond donors (Lipinski definition) is 0. The Labute approximate surface area is 121 Å². The Morgan fingerprint density at radius 1 is 1.42 bits per heavy atom. The fourth-order valence-electron chi connectivity index (χ4n) is 1.46. The Hall–Kier alpha value is -0.690. The summed E-state index contributed by atoms with van der Waals surface area (Å²) in [6.07, 6.45) is 0.264. The number of hydrogen-bond acceptors (Lipinski definition) is 3. The molecule has 0 aliphatic heterocycles. The van der Waals surface area contributed by atoms with Gasteiger partial charge in [-0.15, -0.1) is 0 Å². The molecule has 0 fully saturated rings. The van der Waals surface area contributed by atoms with Crippen LogP contribution in [-0.2, 0) is 16.0 Å². The highest BCUT2D eigenvalue weighted by atomic mass is 79.9. The van der Waals surface area contributed by atoms with Crippen molar-refractivity contribution in [3.63, 3.8) is 0 Å². The Kier molecular flexibility index (Phi) is 6.19. The molecule has 0 aliphatic carbocycles. The number of esters is 1. The Morgan fingerprint density at radius 2 is 2.11 bits per heavy atom. The van der Waals surface area contributed by atoms with Gasteiger partial charge in [0.2, 0.25) is 0 Å². The summed E-state index contributed by atoms with van der Waals surface area (Å²) >= 11 is 3.04. The van der Waals surface area contributed by atoms with Gasteiger partial charge in [-0.05, 0) is 42.8 Å². The highest BCUT2D eigenvalue weighted by Gasteiger charge is 2.30. The van der Waals surface area contributed by atoms with E-state index in [4.69, 9.17) is 4.74 Å². The van der Waals surface area contributed by atoms with Crippen molar-refractivity contribution in [3.8, 4) is 0 Å². The second kappa shape index (κ2) is 7.19. The van der Waals surface area contributed by atoms with Gasteiger partial charge in [-0.3, -0.25) is 4.79 Å². The normalized spacial score (nSPS) is 11.4. The number of carbonyl (C=O) groups is 1. The van der Waals surface area contributed by atoms with Crippen LogP contribution in [0.4, 0.5) is 13.2 Å². The first-order chi connectivity index (χ1) is 8.83. The van der Waals surface area contributed by atoms with Gasteiger partial charge in [0, 0.05) is 15.8 Å². The predicted octanol–water partition coefficient (Wildman–Crippen LogP) is 4.56. The van der Waals surface area contributed by atoms with E-state index in [2.05, 4.69) is 15.9 Å². The van der Waals surface area contributed by atoms with Crippen LogP contribution in [0.25, 0.3) is 0 Å². The number of halogens is 4. The summed E-state index contributed by atoms with van der Waals surface area (Å²) in [6.45, 7) is 1.94. The quantitative estimate of drug-likeness (QED) is 0.571. The Balaban J connectivity index is 2.83. The minimum absolute atomic E-state index is 0.0574. The molecule has 0 heterocycles. The molecule has 0 aliphatic rings. The summed E-state index contributed by atoms with van der Waals surface area (Å²) in [5.74, 6) is -0.416. The van der Waals surface area contributed by atoms with E-state index in [0.717, 1.165) is 0 Å². The van der Waals surface area contributed by atoms with E-state index in [9.17, 15) is 18.0 Å². The van der Waals surface area contributed by atoms with E-state index < -0.39 is 11.5 Å². The van der Waals surface area contributed by atoms with Crippen LogP contribution in [-0.4, -0.2) is 18.1 Å². The monoisotopic (exact) mass is 356 g/mol. The van der Waals surface area contributed by atoms with Crippen molar-refractivity contribution < 1.29 is 22.7 Å². The average Bonchev–Trinajstić information content (AvgIpc) is 2.26. The lowest BCUT2D eigenvalue weighted by Crippen LogP contribution is -2.07. The van der Waals surface area contributed by atoms with Gasteiger partial charge < -0.3 is 4.74 Å². The van der Waals surface area contributed by atoms with E-state index in [1.165, 1.54) is 12.1 Å². The zero-order valence-corrected chi connectivity index (χ0v) is 12.5. The summed E-state index contributed by atoms with van der Waals surface area (Å²) in [5.41, 5.74) is -3.88. The van der Waals surface area contributed by atoms with Crippen LogP contribution in [0.2, 0.25) is 0 Å². The molecule has 2 nitrogen and oxygen atoms in total. The molecule has 0 aromatic heterocycles. The zero-order chi connectivity index (χ0) is 14.5. The summed E-state index contributed by atoms with van der Waals surface area (Å²) < 4.78 is 42.6. The molecule has 0 atom stereocenters. The van der Waals surface area contributed by atoms with Gasteiger partial charge in [0.25, 0.3) is 0 Å². The van der Waals surface area contributed by atoms with E-state index >= 15 is 0 Å². The molecule has 0 unspecified atom stereocenters. The molecule has 1 aromatic rings. The lowest BCUT2D eigenvalue weighted by atomic mass is 10.1. The van der Waals surface area contributed by atoms with Gasteiger partial charge in [-0.25, -0.2) is 0 Å². The first kappa shape index (κ1) is 16.4. The molecule has 0 spiro atoms. The second-order valence-electron chi connectivity index (χ2n) is 3.57. The van der Waals surface area contributed by atoms with Gasteiger partial charge in [-0.2, -0.15) is 13.2 Å². The standard InChI is InChI=1S/C12H12BrF3O2S/c1-2-18-11(17)7-6-8-9(13)4-3-5-10(8)19-12(14,15)16/h3-5H,2,6-7H2,1H3. The first-order valence-electron chi connectivity index (χ1n) is 5.52. The van der Waals surface area contributed by atoms with Crippen LogP contribution in [0.3, 0.4) is 0 Å². The SMILES string of the molecule is CCOC(=O)CCc1c(Br)cccc1SC(F)(F)F. The van der Waals surface area contributed by atoms with Gasteiger partial charge in [-0.1, -0.05) is 22.0 Å². The number of rotatable bonds is 5. The Morgan fingerprint density at radius 3 is 2.68 bits per heavy atom. The molecule has 19 heavy (non-hydrogen) atoms. The van der Waals surface area contributed by atoms with Crippen molar-refractivity contribution in [2.75, 3.05) is 6.61 Å². The maximum absolute atomic E-state index is 12.4. The van der Waals surface area contributed by atoms with Crippen molar-refractivity contribution in [2.24, 2.45) is 0 Å². The number of carbonyl (C=O) groups excluding carboxylic acids is 1. The molecule has 0 bridgehead atoms. The van der Waals surface area contributed by atoms with E-state index in [1.54, 1.807) is 13.0 Å². The van der Waals surface area contributed by atoms with E-state index in [-0.39, 0.29) is 36.1 Å². The highest BCUT2D eigenvalue weighted by Crippen LogP contribution is 2.40. The lowest BCUT2D eigenvalue weighted by Gasteiger charge is -2.12. The lowest BCUT2D eigenvalue weighted by molar-refractivity contribution is -0.143. The minimum Gasteiger partial charge on any atom is -0.466 e. The Bertz CT molecular complexity index is 449. The number of benzene rings is 1. The number of alkyl halides is 3. The smallest absolute Gasteiger partial charge is 0.446 e. The van der Waals surface area contributed by atoms with Crippen LogP contribution in [0.15, 0.2) is 27.6 Å². The fraction of sp³-hybridized carbons (Fsp3) is 0.417. The molecule has 1 rings (SSSR count). The maximum atomic E-state index is 12.4. The largest absolute Gasteiger partial charge is 0.466 e.